The van der Waals surface area contributed by atoms with Crippen LogP contribution in [-0.2, 0) is 10.3 Å². The molecule has 3 heteroatoms. The number of epoxide rings is 1. The Balaban J connectivity index is 2.45. The van der Waals surface area contributed by atoms with E-state index in [4.69, 9.17) is 9.47 Å². The maximum Gasteiger partial charge on any atom is 0.127 e. The summed E-state index contributed by atoms with van der Waals surface area (Å²) in [5, 5.41) is 0. The number of ether oxygens (including phenoxy) is 2. The smallest absolute Gasteiger partial charge is 0.127 e. The van der Waals surface area contributed by atoms with Crippen molar-refractivity contribution in [2.24, 2.45) is 0 Å². The van der Waals surface area contributed by atoms with Gasteiger partial charge < -0.3 is 9.47 Å². The number of halogens is 1. The van der Waals surface area contributed by atoms with Gasteiger partial charge in [0.1, 0.15) is 17.2 Å². The summed E-state index contributed by atoms with van der Waals surface area (Å²) in [6.45, 7) is 2.64. The van der Waals surface area contributed by atoms with Crippen LogP contribution in [0.3, 0.4) is 0 Å². The molecule has 0 N–H and O–H groups in total. The molecule has 1 aromatic carbocycles. The molecule has 1 heterocycles. The minimum Gasteiger partial charge on any atom is -0.496 e. The van der Waals surface area contributed by atoms with E-state index < -0.39 is 0 Å². The van der Waals surface area contributed by atoms with E-state index in [-0.39, 0.29) is 11.4 Å². The fourth-order valence-corrected chi connectivity index (χ4v) is 1.37. The Kier molecular flexibility index (Phi) is 1.77. The highest BCUT2D eigenvalue weighted by atomic mass is 19.1. The van der Waals surface area contributed by atoms with Crippen LogP contribution < -0.4 is 4.74 Å². The van der Waals surface area contributed by atoms with Crippen LogP contribution in [0.2, 0.25) is 0 Å². The Bertz CT molecular complexity index is 332. The van der Waals surface area contributed by atoms with Gasteiger partial charge in [-0.3, -0.25) is 0 Å². The third kappa shape index (κ3) is 1.40. The first-order chi connectivity index (χ1) is 6.15. The van der Waals surface area contributed by atoms with E-state index >= 15 is 0 Å². The van der Waals surface area contributed by atoms with E-state index in [1.54, 1.807) is 6.07 Å². The summed E-state index contributed by atoms with van der Waals surface area (Å²) in [6, 6.07) is 4.51. The first-order valence-corrected chi connectivity index (χ1v) is 4.14. The Morgan fingerprint density at radius 3 is 2.77 bits per heavy atom. The van der Waals surface area contributed by atoms with Crippen molar-refractivity contribution in [3.8, 4) is 5.75 Å². The minimum absolute atomic E-state index is 0.265. The van der Waals surface area contributed by atoms with Crippen LogP contribution in [0.5, 0.6) is 5.75 Å². The van der Waals surface area contributed by atoms with Gasteiger partial charge in [-0.05, 0) is 19.1 Å². The SMILES string of the molecule is COc1cc(F)ccc1C1(C)CO1. The molecule has 0 saturated carbocycles. The lowest BCUT2D eigenvalue weighted by Gasteiger charge is -2.10. The molecule has 0 spiro atoms. The molecule has 70 valence electrons. The Labute approximate surface area is 76.3 Å². The lowest BCUT2D eigenvalue weighted by atomic mass is 10.0. The first-order valence-electron chi connectivity index (χ1n) is 4.14. The Morgan fingerprint density at radius 1 is 1.54 bits per heavy atom. The van der Waals surface area contributed by atoms with Gasteiger partial charge in [0.2, 0.25) is 0 Å². The number of benzene rings is 1. The van der Waals surface area contributed by atoms with Gasteiger partial charge in [0.15, 0.2) is 0 Å². The molecule has 1 aliphatic rings. The average molecular weight is 182 g/mol. The average Bonchev–Trinajstić information content (AvgIpc) is 2.84. The van der Waals surface area contributed by atoms with Crippen LogP contribution in [-0.4, -0.2) is 13.7 Å². The Hall–Kier alpha value is -1.09. The lowest BCUT2D eigenvalue weighted by Crippen LogP contribution is -2.05. The monoisotopic (exact) mass is 182 g/mol. The molecule has 0 aromatic heterocycles. The van der Waals surface area contributed by atoms with E-state index in [0.29, 0.717) is 12.4 Å². The molecule has 1 saturated heterocycles. The lowest BCUT2D eigenvalue weighted by molar-refractivity contribution is 0.315. The highest BCUT2D eigenvalue weighted by Crippen LogP contribution is 2.42. The van der Waals surface area contributed by atoms with Crippen molar-refractivity contribution in [1.29, 1.82) is 0 Å². The maximum absolute atomic E-state index is 12.8. The van der Waals surface area contributed by atoms with Crippen LogP contribution in [0, 0.1) is 5.82 Å². The highest BCUT2D eigenvalue weighted by molar-refractivity contribution is 5.40. The predicted molar refractivity (Wildman–Crippen MR) is 46.3 cm³/mol. The van der Waals surface area contributed by atoms with Crippen molar-refractivity contribution in [3.63, 3.8) is 0 Å². The second kappa shape index (κ2) is 2.70. The van der Waals surface area contributed by atoms with Crippen molar-refractivity contribution in [2.45, 2.75) is 12.5 Å². The molecular formula is C10H11FO2. The van der Waals surface area contributed by atoms with Crippen LogP contribution in [0.15, 0.2) is 18.2 Å². The van der Waals surface area contributed by atoms with E-state index in [1.807, 2.05) is 6.92 Å². The van der Waals surface area contributed by atoms with Gasteiger partial charge in [0, 0.05) is 11.6 Å². The zero-order chi connectivity index (χ0) is 9.47. The first kappa shape index (κ1) is 8.51. The highest BCUT2D eigenvalue weighted by Gasteiger charge is 2.43. The Morgan fingerprint density at radius 2 is 2.23 bits per heavy atom. The molecule has 1 aromatic rings. The van der Waals surface area contributed by atoms with Crippen molar-refractivity contribution < 1.29 is 13.9 Å². The van der Waals surface area contributed by atoms with Gasteiger partial charge in [0.05, 0.1) is 13.7 Å². The molecule has 0 amide bonds. The van der Waals surface area contributed by atoms with E-state index in [1.165, 1.54) is 19.2 Å². The van der Waals surface area contributed by atoms with Crippen molar-refractivity contribution >= 4 is 0 Å². The quantitative estimate of drug-likeness (QED) is 0.653. The molecule has 0 aliphatic carbocycles. The molecule has 1 atom stereocenters. The molecule has 1 unspecified atom stereocenters. The normalized spacial score (nSPS) is 25.8. The van der Waals surface area contributed by atoms with Crippen molar-refractivity contribution in [1.82, 2.24) is 0 Å². The summed E-state index contributed by atoms with van der Waals surface area (Å²) < 4.78 is 23.2. The van der Waals surface area contributed by atoms with Gasteiger partial charge in [-0.15, -0.1) is 0 Å². The summed E-state index contributed by atoms with van der Waals surface area (Å²) in [7, 11) is 1.53. The van der Waals surface area contributed by atoms with Gasteiger partial charge in [-0.1, -0.05) is 0 Å². The zero-order valence-corrected chi connectivity index (χ0v) is 7.63. The van der Waals surface area contributed by atoms with E-state index in [2.05, 4.69) is 0 Å². The molecule has 0 radical (unpaired) electrons. The molecular weight excluding hydrogens is 171 g/mol. The fourth-order valence-electron chi connectivity index (χ4n) is 1.37. The molecule has 2 nitrogen and oxygen atoms in total. The second-order valence-corrected chi connectivity index (χ2v) is 3.36. The summed E-state index contributed by atoms with van der Waals surface area (Å²) >= 11 is 0. The summed E-state index contributed by atoms with van der Waals surface area (Å²) in [4.78, 5) is 0. The number of rotatable bonds is 2. The summed E-state index contributed by atoms with van der Waals surface area (Å²) in [5.74, 6) is 0.268. The van der Waals surface area contributed by atoms with Gasteiger partial charge in [-0.25, -0.2) is 4.39 Å². The van der Waals surface area contributed by atoms with Crippen LogP contribution in [0.1, 0.15) is 12.5 Å². The van der Waals surface area contributed by atoms with E-state index in [0.717, 1.165) is 5.56 Å². The standard InChI is InChI=1S/C10H11FO2/c1-10(6-13-10)8-4-3-7(11)5-9(8)12-2/h3-5H,6H2,1-2H3. The molecule has 1 fully saturated rings. The maximum atomic E-state index is 12.8. The number of methoxy groups -OCH3 is 1. The zero-order valence-electron chi connectivity index (χ0n) is 7.63. The van der Waals surface area contributed by atoms with Gasteiger partial charge in [0.25, 0.3) is 0 Å². The van der Waals surface area contributed by atoms with E-state index in [9.17, 15) is 4.39 Å². The summed E-state index contributed by atoms with van der Waals surface area (Å²) in [5.41, 5.74) is 0.648. The molecule has 1 aliphatic heterocycles. The van der Waals surface area contributed by atoms with Crippen LogP contribution in [0.25, 0.3) is 0 Å². The predicted octanol–water partition coefficient (Wildman–Crippen LogP) is 2.08. The number of hydrogen-bond acceptors (Lipinski definition) is 2. The van der Waals surface area contributed by atoms with Crippen molar-refractivity contribution in [3.05, 3.63) is 29.6 Å². The third-order valence-electron chi connectivity index (χ3n) is 2.31. The molecule has 13 heavy (non-hydrogen) atoms. The third-order valence-corrected chi connectivity index (χ3v) is 2.31. The molecule has 2 rings (SSSR count). The minimum atomic E-state index is -0.287. The van der Waals surface area contributed by atoms with Crippen LogP contribution in [0.4, 0.5) is 4.39 Å². The summed E-state index contributed by atoms with van der Waals surface area (Å²) in [6.07, 6.45) is 0. The number of hydrogen-bond donors (Lipinski definition) is 0. The molecule has 0 bridgehead atoms. The topological polar surface area (TPSA) is 21.8 Å². The second-order valence-electron chi connectivity index (χ2n) is 3.36. The van der Waals surface area contributed by atoms with Gasteiger partial charge in [-0.2, -0.15) is 0 Å². The largest absolute Gasteiger partial charge is 0.496 e. The van der Waals surface area contributed by atoms with Gasteiger partial charge >= 0.3 is 0 Å². The van der Waals surface area contributed by atoms with Crippen molar-refractivity contribution in [2.75, 3.05) is 13.7 Å². The fraction of sp³-hybridized carbons (Fsp3) is 0.400. The van der Waals surface area contributed by atoms with Crippen LogP contribution >= 0.6 is 0 Å².